The third-order valence-electron chi connectivity index (χ3n) is 3.95. The lowest BCUT2D eigenvalue weighted by Crippen LogP contribution is -2.45. The van der Waals surface area contributed by atoms with Gasteiger partial charge in [-0.25, -0.2) is 0 Å². The third kappa shape index (κ3) is 1.49. The molecule has 1 N–H and O–H groups in total. The maximum atomic E-state index is 10.9. The van der Waals surface area contributed by atoms with Crippen LogP contribution in [0.5, 0.6) is 0 Å². The zero-order valence-corrected chi connectivity index (χ0v) is 9.82. The topological polar surface area (TPSA) is 38.0 Å². The van der Waals surface area contributed by atoms with E-state index in [2.05, 4.69) is 18.9 Å². The van der Waals surface area contributed by atoms with Gasteiger partial charge in [0.05, 0.1) is 5.69 Å². The van der Waals surface area contributed by atoms with Crippen LogP contribution < -0.4 is 0 Å². The molecule has 0 amide bonds. The van der Waals surface area contributed by atoms with Crippen molar-refractivity contribution in [3.05, 3.63) is 18.0 Å². The number of hydrogen-bond donors (Lipinski definition) is 1. The molecular formula is C12H20N2O. The molecule has 1 unspecified atom stereocenters. The summed E-state index contributed by atoms with van der Waals surface area (Å²) in [7, 11) is 1.90. The minimum Gasteiger partial charge on any atom is -0.383 e. The molecule has 0 saturated heterocycles. The van der Waals surface area contributed by atoms with Gasteiger partial charge in [0, 0.05) is 13.2 Å². The first-order valence-electron chi connectivity index (χ1n) is 5.68. The Labute approximate surface area is 91.1 Å². The predicted octanol–water partition coefficient (Wildman–Crippen LogP) is 2.21. The minimum absolute atomic E-state index is 0.0565. The molecule has 1 aliphatic rings. The number of hydrogen-bond acceptors (Lipinski definition) is 2. The highest BCUT2D eigenvalue weighted by Crippen LogP contribution is 2.49. The maximum absolute atomic E-state index is 10.9. The molecule has 0 spiro atoms. The zero-order chi connectivity index (χ0) is 11.1. The molecule has 0 radical (unpaired) electrons. The van der Waals surface area contributed by atoms with Crippen LogP contribution in [0.2, 0.25) is 0 Å². The first-order chi connectivity index (χ1) is 6.97. The molecule has 15 heavy (non-hydrogen) atoms. The number of nitrogens with zero attached hydrogens (tertiary/aromatic N) is 2. The molecule has 3 nitrogen and oxygen atoms in total. The number of rotatable bonds is 1. The Kier molecular flexibility index (Phi) is 2.38. The van der Waals surface area contributed by atoms with Crippen molar-refractivity contribution in [1.82, 2.24) is 9.78 Å². The summed E-state index contributed by atoms with van der Waals surface area (Å²) >= 11 is 0. The van der Waals surface area contributed by atoms with Crippen molar-refractivity contribution in [1.29, 1.82) is 0 Å². The van der Waals surface area contributed by atoms with E-state index in [1.807, 2.05) is 13.1 Å². The SMILES string of the molecule is Cn1nccc1C1(O)CCCCC1(C)C. The largest absolute Gasteiger partial charge is 0.383 e. The lowest BCUT2D eigenvalue weighted by Gasteiger charge is -2.46. The summed E-state index contributed by atoms with van der Waals surface area (Å²) in [6.45, 7) is 4.30. The molecule has 1 fully saturated rings. The van der Waals surface area contributed by atoms with E-state index in [0.29, 0.717) is 0 Å². The van der Waals surface area contributed by atoms with Crippen molar-refractivity contribution < 1.29 is 5.11 Å². The lowest BCUT2D eigenvalue weighted by atomic mass is 9.64. The van der Waals surface area contributed by atoms with Gasteiger partial charge < -0.3 is 5.11 Å². The van der Waals surface area contributed by atoms with Gasteiger partial charge in [0.15, 0.2) is 0 Å². The third-order valence-corrected chi connectivity index (χ3v) is 3.95. The molecule has 0 bridgehead atoms. The van der Waals surface area contributed by atoms with E-state index in [1.165, 1.54) is 6.42 Å². The average molecular weight is 208 g/mol. The molecule has 3 heteroatoms. The van der Waals surface area contributed by atoms with Crippen molar-refractivity contribution in [2.24, 2.45) is 12.5 Å². The Morgan fingerprint density at radius 1 is 1.33 bits per heavy atom. The second kappa shape index (κ2) is 3.34. The Morgan fingerprint density at radius 2 is 2.00 bits per heavy atom. The van der Waals surface area contributed by atoms with Crippen molar-refractivity contribution in [3.8, 4) is 0 Å². The van der Waals surface area contributed by atoms with E-state index in [0.717, 1.165) is 25.0 Å². The summed E-state index contributed by atoms with van der Waals surface area (Å²) in [4.78, 5) is 0. The molecular weight excluding hydrogens is 188 g/mol. The molecule has 1 saturated carbocycles. The van der Waals surface area contributed by atoms with Gasteiger partial charge in [0.2, 0.25) is 0 Å². The van der Waals surface area contributed by atoms with Crippen LogP contribution in [0.4, 0.5) is 0 Å². The molecule has 1 aromatic heterocycles. The Balaban J connectivity index is 2.44. The van der Waals surface area contributed by atoms with Crippen LogP contribution in [0.3, 0.4) is 0 Å². The highest BCUT2D eigenvalue weighted by atomic mass is 16.3. The maximum Gasteiger partial charge on any atom is 0.111 e. The molecule has 1 atom stereocenters. The molecule has 0 aliphatic heterocycles. The van der Waals surface area contributed by atoms with Crippen molar-refractivity contribution in [3.63, 3.8) is 0 Å². The first kappa shape index (κ1) is 10.7. The molecule has 1 aromatic rings. The number of aryl methyl sites for hydroxylation is 1. The van der Waals surface area contributed by atoms with Gasteiger partial charge >= 0.3 is 0 Å². The van der Waals surface area contributed by atoms with E-state index in [9.17, 15) is 5.11 Å². The highest BCUT2D eigenvalue weighted by Gasteiger charge is 2.47. The molecule has 84 valence electrons. The van der Waals surface area contributed by atoms with Crippen LogP contribution in [0.25, 0.3) is 0 Å². The Bertz CT molecular complexity index is 356. The minimum atomic E-state index is -0.712. The Hall–Kier alpha value is -0.830. The fourth-order valence-corrected chi connectivity index (χ4v) is 2.75. The van der Waals surface area contributed by atoms with E-state index in [4.69, 9.17) is 0 Å². The van der Waals surface area contributed by atoms with Crippen molar-refractivity contribution in [2.75, 3.05) is 0 Å². The number of aliphatic hydroxyl groups is 1. The summed E-state index contributed by atoms with van der Waals surface area (Å²) in [6, 6.07) is 1.94. The van der Waals surface area contributed by atoms with Gasteiger partial charge in [-0.1, -0.05) is 26.7 Å². The van der Waals surface area contributed by atoms with Gasteiger partial charge in [0.1, 0.15) is 5.60 Å². The fraction of sp³-hybridized carbons (Fsp3) is 0.750. The summed E-state index contributed by atoms with van der Waals surface area (Å²) < 4.78 is 1.80. The zero-order valence-electron chi connectivity index (χ0n) is 9.82. The highest BCUT2D eigenvalue weighted by molar-refractivity contribution is 5.17. The predicted molar refractivity (Wildman–Crippen MR) is 59.4 cm³/mol. The number of aromatic nitrogens is 2. The normalized spacial score (nSPS) is 30.4. The lowest BCUT2D eigenvalue weighted by molar-refractivity contribution is -0.109. The van der Waals surface area contributed by atoms with Crippen molar-refractivity contribution in [2.45, 2.75) is 45.1 Å². The Morgan fingerprint density at radius 3 is 2.53 bits per heavy atom. The van der Waals surface area contributed by atoms with Crippen LogP contribution in [0.15, 0.2) is 12.3 Å². The smallest absolute Gasteiger partial charge is 0.111 e. The standard InChI is InChI=1S/C12H20N2O/c1-11(2)7-4-5-8-12(11,15)10-6-9-13-14(10)3/h6,9,15H,4-5,7-8H2,1-3H3. The van der Waals surface area contributed by atoms with Crippen LogP contribution >= 0.6 is 0 Å². The molecule has 1 heterocycles. The van der Waals surface area contributed by atoms with Gasteiger partial charge in [-0.3, -0.25) is 4.68 Å². The first-order valence-corrected chi connectivity index (χ1v) is 5.68. The summed E-state index contributed by atoms with van der Waals surface area (Å²) in [5.41, 5.74) is 0.183. The summed E-state index contributed by atoms with van der Waals surface area (Å²) in [5.74, 6) is 0. The second-order valence-corrected chi connectivity index (χ2v) is 5.29. The average Bonchev–Trinajstić information content (AvgIpc) is 2.57. The van der Waals surface area contributed by atoms with Crippen LogP contribution in [0.1, 0.15) is 45.2 Å². The monoisotopic (exact) mass is 208 g/mol. The summed E-state index contributed by atoms with van der Waals surface area (Å²) in [5, 5.41) is 15.0. The van der Waals surface area contributed by atoms with Gasteiger partial charge in [-0.05, 0) is 24.3 Å². The van der Waals surface area contributed by atoms with Gasteiger partial charge in [-0.15, -0.1) is 0 Å². The van der Waals surface area contributed by atoms with E-state index >= 15 is 0 Å². The molecule has 0 aromatic carbocycles. The van der Waals surface area contributed by atoms with Gasteiger partial charge in [-0.2, -0.15) is 5.10 Å². The van der Waals surface area contributed by atoms with Crippen LogP contribution in [-0.2, 0) is 12.6 Å². The quantitative estimate of drug-likeness (QED) is 0.768. The molecule has 1 aliphatic carbocycles. The molecule has 2 rings (SSSR count). The van der Waals surface area contributed by atoms with Gasteiger partial charge in [0.25, 0.3) is 0 Å². The summed E-state index contributed by atoms with van der Waals surface area (Å²) in [6.07, 6.45) is 6.00. The van der Waals surface area contributed by atoms with E-state index < -0.39 is 5.60 Å². The fourth-order valence-electron chi connectivity index (χ4n) is 2.75. The van der Waals surface area contributed by atoms with Crippen LogP contribution in [-0.4, -0.2) is 14.9 Å². The van der Waals surface area contributed by atoms with E-state index in [1.54, 1.807) is 10.9 Å². The van der Waals surface area contributed by atoms with E-state index in [-0.39, 0.29) is 5.41 Å². The van der Waals surface area contributed by atoms with Crippen LogP contribution in [0, 0.1) is 5.41 Å². The second-order valence-electron chi connectivity index (χ2n) is 5.29. The van der Waals surface area contributed by atoms with Crippen molar-refractivity contribution >= 4 is 0 Å².